The number of carbonyl (C=O) groups excluding carboxylic acids is 2. The van der Waals surface area contributed by atoms with Crippen molar-refractivity contribution in [2.75, 3.05) is 39.3 Å². The monoisotopic (exact) mass is 633 g/mol. The number of ether oxygens (including phenoxy) is 1. The van der Waals surface area contributed by atoms with E-state index in [-0.39, 0.29) is 24.5 Å². The zero-order valence-corrected chi connectivity index (χ0v) is 28.8. The zero-order valence-electron chi connectivity index (χ0n) is 28.0. The molecule has 0 aromatic heterocycles. The van der Waals surface area contributed by atoms with Gasteiger partial charge in [0.2, 0.25) is 5.91 Å². The number of piperidine rings is 1. The van der Waals surface area contributed by atoms with Crippen LogP contribution in [0.3, 0.4) is 0 Å². The van der Waals surface area contributed by atoms with E-state index in [1.54, 1.807) is 0 Å². The van der Waals surface area contributed by atoms with Gasteiger partial charge in [0.1, 0.15) is 0 Å². The van der Waals surface area contributed by atoms with Gasteiger partial charge in [0.25, 0.3) is 0 Å². The van der Waals surface area contributed by atoms with Gasteiger partial charge in [-0.15, -0.1) is 12.4 Å². The SMILES string of the molecule is CCCCCCCCCCCCCCCCCC(=O)N1CCCCC1CCOC(=O)N1CCN(Cc2ccccc2)CC1.Cl. The maximum atomic E-state index is 13.1. The maximum absolute atomic E-state index is 13.1. The minimum atomic E-state index is -0.203. The second-order valence-electron chi connectivity index (χ2n) is 13.1. The largest absolute Gasteiger partial charge is 0.449 e. The van der Waals surface area contributed by atoms with Crippen molar-refractivity contribution in [2.45, 2.75) is 148 Å². The Morgan fingerprint density at radius 2 is 1.30 bits per heavy atom. The molecule has 2 fully saturated rings. The van der Waals surface area contributed by atoms with Crippen molar-refractivity contribution in [3.63, 3.8) is 0 Å². The fourth-order valence-electron chi connectivity index (χ4n) is 6.72. The van der Waals surface area contributed by atoms with Crippen LogP contribution in [0.4, 0.5) is 4.79 Å². The average molecular weight is 634 g/mol. The second kappa shape index (κ2) is 24.4. The first-order chi connectivity index (χ1) is 21.2. The highest BCUT2D eigenvalue weighted by Gasteiger charge is 2.27. The van der Waals surface area contributed by atoms with Crippen LogP contribution in [0, 0.1) is 0 Å². The molecule has 0 bridgehead atoms. The minimum absolute atomic E-state index is 0. The Morgan fingerprint density at radius 1 is 0.727 bits per heavy atom. The Labute approximate surface area is 276 Å². The van der Waals surface area contributed by atoms with Crippen LogP contribution in [0.5, 0.6) is 0 Å². The highest BCUT2D eigenvalue weighted by Crippen LogP contribution is 2.22. The van der Waals surface area contributed by atoms with Crippen LogP contribution in [0.25, 0.3) is 0 Å². The number of benzene rings is 1. The molecule has 7 heteroatoms. The van der Waals surface area contributed by atoms with E-state index in [9.17, 15) is 9.59 Å². The molecule has 1 aromatic rings. The van der Waals surface area contributed by atoms with Crippen LogP contribution >= 0.6 is 12.4 Å². The predicted molar refractivity (Wildman–Crippen MR) is 185 cm³/mol. The fourth-order valence-corrected chi connectivity index (χ4v) is 6.72. The number of carbonyl (C=O) groups is 2. The summed E-state index contributed by atoms with van der Waals surface area (Å²) in [5, 5.41) is 0. The Balaban J connectivity index is 0.00000675. The van der Waals surface area contributed by atoms with Crippen molar-refractivity contribution in [2.24, 2.45) is 0 Å². The van der Waals surface area contributed by atoms with Crippen molar-refractivity contribution in [1.29, 1.82) is 0 Å². The number of amides is 2. The van der Waals surface area contributed by atoms with E-state index in [4.69, 9.17) is 4.74 Å². The first-order valence-corrected chi connectivity index (χ1v) is 18.1. The second-order valence-corrected chi connectivity index (χ2v) is 13.1. The molecule has 1 aromatic carbocycles. The quantitative estimate of drug-likeness (QED) is 0.127. The van der Waals surface area contributed by atoms with E-state index in [2.05, 4.69) is 41.0 Å². The summed E-state index contributed by atoms with van der Waals surface area (Å²) in [5.74, 6) is 0.306. The molecule has 0 saturated carbocycles. The number of likely N-dealkylation sites (tertiary alicyclic amines) is 1. The summed E-state index contributed by atoms with van der Waals surface area (Å²) >= 11 is 0. The average Bonchev–Trinajstić information content (AvgIpc) is 3.04. The van der Waals surface area contributed by atoms with Gasteiger partial charge in [-0.3, -0.25) is 9.69 Å². The number of piperazine rings is 1. The molecule has 2 saturated heterocycles. The minimum Gasteiger partial charge on any atom is -0.449 e. The van der Waals surface area contributed by atoms with Crippen molar-refractivity contribution in [3.05, 3.63) is 35.9 Å². The van der Waals surface area contributed by atoms with Gasteiger partial charge in [-0.05, 0) is 31.2 Å². The Morgan fingerprint density at radius 3 is 1.89 bits per heavy atom. The van der Waals surface area contributed by atoms with E-state index < -0.39 is 0 Å². The predicted octanol–water partition coefficient (Wildman–Crippen LogP) is 9.40. The lowest BCUT2D eigenvalue weighted by atomic mass is 9.98. The Hall–Kier alpha value is -1.79. The maximum Gasteiger partial charge on any atom is 0.409 e. The smallest absolute Gasteiger partial charge is 0.409 e. The topological polar surface area (TPSA) is 53.1 Å². The highest BCUT2D eigenvalue weighted by molar-refractivity contribution is 5.85. The Bertz CT molecular complexity index is 863. The normalized spacial score (nSPS) is 17.3. The molecule has 2 aliphatic heterocycles. The molecule has 0 aliphatic carbocycles. The summed E-state index contributed by atoms with van der Waals surface area (Å²) in [5.41, 5.74) is 1.31. The van der Waals surface area contributed by atoms with Gasteiger partial charge < -0.3 is 14.5 Å². The molecule has 0 N–H and O–H groups in total. The molecular weight excluding hydrogens is 570 g/mol. The fraction of sp³-hybridized carbons (Fsp3) is 0.784. The van der Waals surface area contributed by atoms with Crippen molar-refractivity contribution < 1.29 is 14.3 Å². The van der Waals surface area contributed by atoms with E-state index in [1.165, 1.54) is 89.0 Å². The van der Waals surface area contributed by atoms with Gasteiger partial charge >= 0.3 is 6.09 Å². The van der Waals surface area contributed by atoms with Gasteiger partial charge in [0, 0.05) is 58.2 Å². The third-order valence-corrected chi connectivity index (χ3v) is 9.50. The summed E-state index contributed by atoms with van der Waals surface area (Å²) in [6, 6.07) is 10.7. The van der Waals surface area contributed by atoms with Crippen LogP contribution in [-0.4, -0.2) is 72.1 Å². The molecule has 6 nitrogen and oxygen atoms in total. The van der Waals surface area contributed by atoms with E-state index >= 15 is 0 Å². The number of unbranched alkanes of at least 4 members (excludes halogenated alkanes) is 14. The standard InChI is InChI=1S/C37H63N3O3.ClH/c1-2-3-4-5-6-7-8-9-10-11-12-13-14-15-19-25-36(41)40-27-21-20-24-35(40)26-32-43-37(42)39-30-28-38(29-31-39)33-34-22-17-16-18-23-34;/h16-18,22-23,35H,2-15,19-21,24-33H2,1H3;1H. The molecule has 44 heavy (non-hydrogen) atoms. The van der Waals surface area contributed by atoms with E-state index in [0.717, 1.165) is 64.7 Å². The Kier molecular flexibility index (Phi) is 21.3. The molecule has 2 heterocycles. The molecule has 0 radical (unpaired) electrons. The third kappa shape index (κ3) is 16.0. The van der Waals surface area contributed by atoms with Crippen LogP contribution < -0.4 is 0 Å². The number of halogens is 1. The van der Waals surface area contributed by atoms with E-state index in [1.807, 2.05) is 11.0 Å². The van der Waals surface area contributed by atoms with Gasteiger partial charge in [-0.2, -0.15) is 0 Å². The number of nitrogens with zero attached hydrogens (tertiary/aromatic N) is 3. The molecule has 252 valence electrons. The number of rotatable bonds is 21. The number of hydrogen-bond acceptors (Lipinski definition) is 4. The summed E-state index contributed by atoms with van der Waals surface area (Å²) in [7, 11) is 0. The first kappa shape index (κ1) is 38.4. The van der Waals surface area contributed by atoms with Gasteiger partial charge in [0.05, 0.1) is 6.61 Å². The van der Waals surface area contributed by atoms with Crippen LogP contribution in [0.1, 0.15) is 141 Å². The molecule has 2 amide bonds. The van der Waals surface area contributed by atoms with Gasteiger partial charge in [-0.25, -0.2) is 4.79 Å². The molecule has 2 aliphatic rings. The lowest BCUT2D eigenvalue weighted by Crippen LogP contribution is -2.48. The van der Waals surface area contributed by atoms with E-state index in [0.29, 0.717) is 32.0 Å². The summed E-state index contributed by atoms with van der Waals surface area (Å²) in [6.07, 6.45) is 24.6. The lowest BCUT2D eigenvalue weighted by molar-refractivity contribution is -0.135. The van der Waals surface area contributed by atoms with Crippen molar-refractivity contribution in [3.8, 4) is 0 Å². The van der Waals surface area contributed by atoms with Gasteiger partial charge in [0.15, 0.2) is 0 Å². The first-order valence-electron chi connectivity index (χ1n) is 18.1. The summed E-state index contributed by atoms with van der Waals surface area (Å²) in [4.78, 5) is 32.1. The van der Waals surface area contributed by atoms with Crippen LogP contribution in [0.2, 0.25) is 0 Å². The van der Waals surface area contributed by atoms with Crippen molar-refractivity contribution >= 4 is 24.4 Å². The van der Waals surface area contributed by atoms with Crippen LogP contribution in [-0.2, 0) is 16.1 Å². The number of hydrogen-bond donors (Lipinski definition) is 0. The summed E-state index contributed by atoms with van der Waals surface area (Å²) < 4.78 is 5.69. The molecular formula is C37H64ClN3O3. The lowest BCUT2D eigenvalue weighted by Gasteiger charge is -2.36. The van der Waals surface area contributed by atoms with Crippen molar-refractivity contribution in [1.82, 2.24) is 14.7 Å². The highest BCUT2D eigenvalue weighted by atomic mass is 35.5. The molecule has 3 rings (SSSR count). The third-order valence-electron chi connectivity index (χ3n) is 9.50. The summed E-state index contributed by atoms with van der Waals surface area (Å²) in [6.45, 7) is 7.62. The molecule has 1 atom stereocenters. The van der Waals surface area contributed by atoms with Crippen LogP contribution in [0.15, 0.2) is 30.3 Å². The molecule has 0 spiro atoms. The van der Waals surface area contributed by atoms with Gasteiger partial charge in [-0.1, -0.05) is 127 Å². The zero-order chi connectivity index (χ0) is 30.4. The molecule has 1 unspecified atom stereocenters.